The van der Waals surface area contributed by atoms with E-state index in [1.165, 1.54) is 6.08 Å². The van der Waals surface area contributed by atoms with Gasteiger partial charge in [-0.1, -0.05) is 95.1 Å². The zero-order valence-electron chi connectivity index (χ0n) is 56.1. The van der Waals surface area contributed by atoms with Gasteiger partial charge in [0.15, 0.2) is 5.78 Å². The number of nitrogens with zero attached hydrogens (tertiary/aromatic N) is 1. The van der Waals surface area contributed by atoms with Crippen molar-refractivity contribution in [3.05, 3.63) is 81.9 Å². The summed E-state index contributed by atoms with van der Waals surface area (Å²) in [5, 5.41) is 15.2. The van der Waals surface area contributed by atoms with Crippen LogP contribution in [0.2, 0.25) is 5.02 Å². The van der Waals surface area contributed by atoms with E-state index in [1.807, 2.05) is 64.1 Å². The number of ketones is 2. The fourth-order valence-electron chi connectivity index (χ4n) is 10.7. The quantitative estimate of drug-likeness (QED) is 0.0211. The first kappa shape index (κ1) is 77.7. The molecule has 0 radical (unpaired) electrons. The Morgan fingerprint density at radius 2 is 1.41 bits per heavy atom. The molecule has 2 fully saturated rings. The molecule has 24 nitrogen and oxygen atoms in total. The molecule has 0 unspecified atom stereocenters. The predicted molar refractivity (Wildman–Crippen MR) is 347 cm³/mol. The molecule has 3 heterocycles. The number of aryl methyl sites for hydroxylation is 2. The molecule has 0 bridgehead atoms. The van der Waals surface area contributed by atoms with Gasteiger partial charge in [-0.15, -0.1) is 5.06 Å². The zero-order valence-corrected chi connectivity index (χ0v) is 56.9. The van der Waals surface area contributed by atoms with Crippen molar-refractivity contribution in [1.82, 2.24) is 31.6 Å². The van der Waals surface area contributed by atoms with Gasteiger partial charge >= 0.3 is 11.9 Å². The summed E-state index contributed by atoms with van der Waals surface area (Å²) < 4.78 is 33.8. The molecule has 94 heavy (non-hydrogen) atoms. The third kappa shape index (κ3) is 27.0. The minimum Gasteiger partial charge on any atom is -0.460 e. The van der Waals surface area contributed by atoms with Gasteiger partial charge in [0.05, 0.1) is 63.8 Å². The molecule has 3 aliphatic rings. The number of esters is 1. The molecule has 5 N–H and O–H groups in total. The Bertz CT molecular complexity index is 2900. The second-order valence-corrected chi connectivity index (χ2v) is 26.2. The van der Waals surface area contributed by atoms with E-state index in [2.05, 4.69) is 26.6 Å². The van der Waals surface area contributed by atoms with Gasteiger partial charge in [0.25, 0.3) is 11.8 Å². The largest absolute Gasteiger partial charge is 0.460 e. The zero-order chi connectivity index (χ0) is 68.9. The number of methoxy groups -OCH3 is 1. The number of cyclic esters (lactones) is 1. The fourth-order valence-corrected chi connectivity index (χ4v) is 10.9. The van der Waals surface area contributed by atoms with Gasteiger partial charge in [0.1, 0.15) is 30.1 Å². The molecule has 7 amide bonds. The summed E-state index contributed by atoms with van der Waals surface area (Å²) in [5.41, 5.74) is 2.09. The van der Waals surface area contributed by atoms with Gasteiger partial charge in [-0.3, -0.25) is 43.2 Å². The Labute approximate surface area is 557 Å². The molecule has 25 heteroatoms. The van der Waals surface area contributed by atoms with Crippen LogP contribution in [-0.2, 0) is 98.8 Å². The van der Waals surface area contributed by atoms with Gasteiger partial charge < -0.3 is 59.8 Å². The molecule has 8 atom stereocenters. The molecule has 3 aliphatic heterocycles. The summed E-state index contributed by atoms with van der Waals surface area (Å²) in [6, 6.07) is 10.1. The minimum absolute atomic E-state index is 0.0126. The maximum Gasteiger partial charge on any atom is 0.333 e. The number of hydrogen-bond donors (Lipinski definition) is 5. The van der Waals surface area contributed by atoms with Crippen molar-refractivity contribution in [1.29, 1.82) is 0 Å². The third-order valence-corrected chi connectivity index (χ3v) is 17.0. The molecule has 0 aliphatic carbocycles. The number of amides is 7. The van der Waals surface area contributed by atoms with E-state index >= 15 is 0 Å². The van der Waals surface area contributed by atoms with Crippen LogP contribution in [0.25, 0.3) is 0 Å². The first-order chi connectivity index (χ1) is 44.8. The molecular formula is C69H99ClN6O18. The minimum atomic E-state index is -1.17. The number of rotatable bonds is 38. The number of Topliss-reactive ketones (excluding diaryl/α,β-unsaturated/α-hetero) is 2. The number of imide groups is 1. The van der Waals surface area contributed by atoms with Crippen LogP contribution in [0.4, 0.5) is 0 Å². The lowest BCUT2D eigenvalue weighted by Gasteiger charge is -2.30. The summed E-state index contributed by atoms with van der Waals surface area (Å²) in [6.07, 6.45) is 3.16. The molecular weight excluding hydrogens is 1240 g/mol. The fraction of sp³-hybridized carbons (Fsp3) is 0.638. The van der Waals surface area contributed by atoms with Crippen molar-refractivity contribution < 1.29 is 86.0 Å². The summed E-state index contributed by atoms with van der Waals surface area (Å²) in [7, 11) is 1.60. The monoisotopic (exact) mass is 1330 g/mol. The van der Waals surface area contributed by atoms with E-state index in [9.17, 15) is 52.7 Å². The van der Waals surface area contributed by atoms with Crippen molar-refractivity contribution in [3.63, 3.8) is 0 Å². The third-order valence-electron chi connectivity index (χ3n) is 16.6. The number of ether oxygens (including phenoxy) is 6. The lowest BCUT2D eigenvalue weighted by atomic mass is 9.85. The molecule has 0 spiro atoms. The van der Waals surface area contributed by atoms with Crippen molar-refractivity contribution in [2.24, 2.45) is 29.1 Å². The second-order valence-electron chi connectivity index (χ2n) is 25.8. The van der Waals surface area contributed by atoms with Crippen LogP contribution < -0.4 is 26.6 Å². The Morgan fingerprint density at radius 1 is 0.755 bits per heavy atom. The number of carbonyl (C=O) groups is 11. The average molecular weight is 1340 g/mol. The smallest absolute Gasteiger partial charge is 0.333 e. The number of hydroxylamine groups is 2. The van der Waals surface area contributed by atoms with Gasteiger partial charge in [-0.25, -0.2) is 9.59 Å². The number of benzene rings is 2. The molecule has 5 rings (SSSR count). The number of nitrogens with one attached hydrogen (secondary N) is 5. The predicted octanol–water partition coefficient (Wildman–Crippen LogP) is 6.37. The molecule has 0 saturated carbocycles. The first-order valence-corrected chi connectivity index (χ1v) is 33.3. The summed E-state index contributed by atoms with van der Waals surface area (Å²) in [5.74, 6) is -6.90. The average Bonchev–Trinajstić information content (AvgIpc) is 1.63. The van der Waals surface area contributed by atoms with Gasteiger partial charge in [0, 0.05) is 94.8 Å². The van der Waals surface area contributed by atoms with Crippen LogP contribution in [0.5, 0.6) is 0 Å². The van der Waals surface area contributed by atoms with Gasteiger partial charge in [0.2, 0.25) is 29.5 Å². The van der Waals surface area contributed by atoms with Crippen molar-refractivity contribution >= 4 is 76.5 Å². The van der Waals surface area contributed by atoms with Crippen molar-refractivity contribution in [3.8, 4) is 0 Å². The molecule has 2 aromatic rings. The van der Waals surface area contributed by atoms with Crippen LogP contribution in [0, 0.1) is 36.0 Å². The highest BCUT2D eigenvalue weighted by Crippen LogP contribution is 2.45. The molecule has 520 valence electrons. The summed E-state index contributed by atoms with van der Waals surface area (Å²) in [4.78, 5) is 151. The molecule has 2 aromatic carbocycles. The number of halogens is 1. The van der Waals surface area contributed by atoms with E-state index in [-0.39, 0.29) is 119 Å². The Morgan fingerprint density at radius 3 is 2.06 bits per heavy atom. The number of epoxide rings is 1. The highest BCUT2D eigenvalue weighted by atomic mass is 35.5. The Hall–Kier alpha value is -6.96. The van der Waals surface area contributed by atoms with E-state index in [0.29, 0.717) is 82.0 Å². The Balaban J connectivity index is 1.21. The number of hydrogen-bond acceptors (Lipinski definition) is 18. The van der Waals surface area contributed by atoms with Crippen LogP contribution in [-0.4, -0.2) is 167 Å². The van der Waals surface area contributed by atoms with E-state index in [4.69, 9.17) is 44.9 Å². The highest BCUT2D eigenvalue weighted by Gasteiger charge is 2.48. The lowest BCUT2D eigenvalue weighted by Crippen LogP contribution is -2.54. The maximum atomic E-state index is 14.2. The van der Waals surface area contributed by atoms with E-state index < -0.39 is 95.0 Å². The normalized spacial score (nSPS) is 20.8. The van der Waals surface area contributed by atoms with Gasteiger partial charge in [-0.05, 0) is 99.1 Å². The molecule has 0 aromatic heterocycles. The maximum absolute atomic E-state index is 14.2. The highest BCUT2D eigenvalue weighted by molar-refractivity contribution is 6.31. The van der Waals surface area contributed by atoms with Crippen molar-refractivity contribution in [2.75, 3.05) is 66.4 Å². The first-order valence-electron chi connectivity index (χ1n) is 32.9. The van der Waals surface area contributed by atoms with Crippen molar-refractivity contribution in [2.45, 2.75) is 188 Å². The SMILES string of the molecule is COCCOCCOCCOCCC(=O)NCCCC[C@H](CC(=O)[C@@H](NC(=O)CCCC(=O)ON1C(=O)CCC1=O)C(C)C)C(=O)CCc1ccc([C@H]2O[C@@H]2[C@@H](C)[C@@H]2C/C=C/C(=O)N[C@H](Cc3ccc(C)c(Cl)c3)C(=O)NCC(C)(C)C(=O)N[C@@H](CC(C)C)C(=O)O2)cc1. The topological polar surface area (TPSA) is 319 Å². The van der Waals surface area contributed by atoms with E-state index in [0.717, 1.165) is 22.3 Å². The number of unbranched alkanes of at least 4 members (excludes halogenated alkanes) is 1. The number of carbonyl (C=O) groups excluding carboxylic acids is 11. The van der Waals surface area contributed by atoms with Crippen LogP contribution in [0.3, 0.4) is 0 Å². The summed E-state index contributed by atoms with van der Waals surface area (Å²) >= 11 is 6.42. The van der Waals surface area contributed by atoms with Crippen LogP contribution in [0.1, 0.15) is 160 Å². The van der Waals surface area contributed by atoms with Gasteiger partial charge in [-0.2, -0.15) is 0 Å². The Kier molecular flexibility index (Phi) is 32.9. The van der Waals surface area contributed by atoms with Crippen LogP contribution in [0.15, 0.2) is 54.6 Å². The van der Waals surface area contributed by atoms with Crippen LogP contribution >= 0.6 is 11.6 Å². The summed E-state index contributed by atoms with van der Waals surface area (Å²) in [6.45, 7) is 17.4. The van der Waals surface area contributed by atoms with E-state index in [1.54, 1.807) is 46.9 Å². The standard InChI is InChI=1S/C69H99ClN6O18/c1-43(2)38-53-67(86)92-56(15-12-16-58(80)73-52(40-48-20-19-45(5)51(70)39-48)66(85)72-42-69(7,8)68(87)74-53)46(6)64-65(93-64)49-24-21-47(22-25-49)23-26-54(77)50(14-10-11-30-71-57(79)29-31-89-34-35-91-37-36-90-33-32-88-9)41-55(78)63(44(3)4)75-59(81)17-13-18-62(84)94-76-60(82)27-28-61(76)83/h12,16,19-22,24-25,39,43-44,46,50,52-53,56,63-65H,10-11,13-15,17-18,23,26-38,40-42H2,1-9H3,(H,71,79)(H,72,85)(H,73,80)(H,74,87)(H,75,81)/b16-12+/t46-,50+,52+,53-,56-,63-,64+,65+/m0/s1. The second kappa shape index (κ2) is 39.8. The molecule has 2 saturated heterocycles. The lowest BCUT2D eigenvalue weighted by molar-refractivity contribution is -0.197.